The van der Waals surface area contributed by atoms with E-state index in [9.17, 15) is 10.2 Å². The molecule has 2 heterocycles. The third-order valence-electron chi connectivity index (χ3n) is 3.89. The molecule has 5 unspecified atom stereocenters. The van der Waals surface area contributed by atoms with E-state index in [0.29, 0.717) is 5.92 Å². The zero-order valence-corrected chi connectivity index (χ0v) is 7.65. The average molecular weight is 184 g/mol. The molecule has 4 aliphatic rings. The van der Waals surface area contributed by atoms with Gasteiger partial charge in [0.15, 0.2) is 6.29 Å². The van der Waals surface area contributed by atoms with Crippen LogP contribution in [0.25, 0.3) is 0 Å². The Morgan fingerprint density at radius 2 is 2.00 bits per heavy atom. The minimum atomic E-state index is -0.621. The summed E-state index contributed by atoms with van der Waals surface area (Å²) in [6.07, 6.45) is 3.96. The zero-order chi connectivity index (χ0) is 9.05. The van der Waals surface area contributed by atoms with Gasteiger partial charge in [0.2, 0.25) is 0 Å². The van der Waals surface area contributed by atoms with Gasteiger partial charge >= 0.3 is 0 Å². The Morgan fingerprint density at radius 3 is 2.77 bits per heavy atom. The molecule has 4 bridgehead atoms. The first-order valence-electron chi connectivity index (χ1n) is 5.20. The largest absolute Gasteiger partial charge is 0.390 e. The molecule has 0 aromatic heterocycles. The molecule has 2 saturated heterocycles. The highest BCUT2D eigenvalue weighted by molar-refractivity contribution is 5.00. The number of aliphatic hydroxyl groups is 2. The monoisotopic (exact) mass is 184 g/mol. The lowest BCUT2D eigenvalue weighted by molar-refractivity contribution is -0.150. The standard InChI is InChI=1S/C10H16O3/c11-9-7-1-6-2-8(13-9)5-10(12,3-6)4-7/h6-9,11-12H,1-5H2. The van der Waals surface area contributed by atoms with E-state index < -0.39 is 11.9 Å². The number of hydrogen-bond acceptors (Lipinski definition) is 3. The van der Waals surface area contributed by atoms with Gasteiger partial charge in [0, 0.05) is 12.3 Å². The van der Waals surface area contributed by atoms with Gasteiger partial charge in [-0.2, -0.15) is 0 Å². The molecule has 13 heavy (non-hydrogen) atoms. The summed E-state index contributed by atoms with van der Waals surface area (Å²) in [4.78, 5) is 0. The second-order valence-electron chi connectivity index (χ2n) is 5.08. The lowest BCUT2D eigenvalue weighted by Gasteiger charge is -2.43. The molecule has 4 fully saturated rings. The highest BCUT2D eigenvalue weighted by atomic mass is 16.6. The van der Waals surface area contributed by atoms with Crippen molar-refractivity contribution in [2.24, 2.45) is 11.8 Å². The third-order valence-corrected chi connectivity index (χ3v) is 3.89. The predicted octanol–water partition coefficient (Wildman–Crippen LogP) is 0.645. The second kappa shape index (κ2) is 2.47. The van der Waals surface area contributed by atoms with Crippen LogP contribution in [0.15, 0.2) is 0 Å². The molecule has 0 spiro atoms. The Morgan fingerprint density at radius 1 is 1.15 bits per heavy atom. The van der Waals surface area contributed by atoms with Crippen molar-refractivity contribution in [1.82, 2.24) is 0 Å². The Hall–Kier alpha value is -0.120. The van der Waals surface area contributed by atoms with Crippen LogP contribution < -0.4 is 0 Å². The van der Waals surface area contributed by atoms with E-state index >= 15 is 0 Å². The van der Waals surface area contributed by atoms with Crippen molar-refractivity contribution in [1.29, 1.82) is 0 Å². The predicted molar refractivity (Wildman–Crippen MR) is 45.9 cm³/mol. The van der Waals surface area contributed by atoms with Crippen LogP contribution in [0.5, 0.6) is 0 Å². The summed E-state index contributed by atoms with van der Waals surface area (Å²) in [5.74, 6) is 0.760. The zero-order valence-electron chi connectivity index (χ0n) is 7.65. The molecule has 2 saturated carbocycles. The first kappa shape index (κ1) is 8.21. The summed E-state index contributed by atoms with van der Waals surface area (Å²) in [7, 11) is 0. The van der Waals surface area contributed by atoms with Gasteiger partial charge in [-0.1, -0.05) is 0 Å². The van der Waals surface area contributed by atoms with Gasteiger partial charge in [-0.15, -0.1) is 0 Å². The molecular weight excluding hydrogens is 168 g/mol. The molecule has 0 amide bonds. The van der Waals surface area contributed by atoms with Crippen LogP contribution >= 0.6 is 0 Å². The summed E-state index contributed by atoms with van der Waals surface area (Å²) in [6.45, 7) is 0. The fourth-order valence-corrected chi connectivity index (χ4v) is 3.56. The van der Waals surface area contributed by atoms with E-state index in [1.165, 1.54) is 0 Å². The average Bonchev–Trinajstić information content (AvgIpc) is 2.12. The van der Waals surface area contributed by atoms with Crippen molar-refractivity contribution < 1.29 is 14.9 Å². The van der Waals surface area contributed by atoms with Gasteiger partial charge in [-0.05, 0) is 31.6 Å². The molecule has 0 aromatic carbocycles. The Kier molecular flexibility index (Phi) is 1.56. The SMILES string of the molecule is OC1OC2CC3CC1CC(O)(C3)C2. The summed E-state index contributed by atoms with van der Waals surface area (Å²) >= 11 is 0. The maximum Gasteiger partial charge on any atom is 0.157 e. The molecule has 74 valence electrons. The maximum absolute atomic E-state index is 10.2. The van der Waals surface area contributed by atoms with Crippen LogP contribution in [0.4, 0.5) is 0 Å². The fraction of sp³-hybridized carbons (Fsp3) is 1.00. The molecular formula is C10H16O3. The van der Waals surface area contributed by atoms with Crippen molar-refractivity contribution >= 4 is 0 Å². The van der Waals surface area contributed by atoms with Gasteiger partial charge in [0.1, 0.15) is 0 Å². The maximum atomic E-state index is 10.2. The minimum absolute atomic E-state index is 0.103. The van der Waals surface area contributed by atoms with E-state index in [4.69, 9.17) is 4.74 Å². The minimum Gasteiger partial charge on any atom is -0.390 e. The van der Waals surface area contributed by atoms with Crippen molar-refractivity contribution in [3.8, 4) is 0 Å². The van der Waals surface area contributed by atoms with E-state index in [1.807, 2.05) is 0 Å². The summed E-state index contributed by atoms with van der Waals surface area (Å²) in [5, 5.41) is 19.9. The van der Waals surface area contributed by atoms with Crippen molar-refractivity contribution in [2.45, 2.75) is 50.1 Å². The highest BCUT2D eigenvalue weighted by Gasteiger charge is 2.50. The molecule has 2 aliphatic heterocycles. The second-order valence-corrected chi connectivity index (χ2v) is 5.08. The first-order chi connectivity index (χ1) is 6.15. The Labute approximate surface area is 77.7 Å². The first-order valence-corrected chi connectivity index (χ1v) is 5.20. The number of hydrogen-bond donors (Lipinski definition) is 2. The number of fused-ring (bicyclic) bond motifs is 1. The van der Waals surface area contributed by atoms with Gasteiger partial charge < -0.3 is 14.9 Å². The van der Waals surface area contributed by atoms with Crippen molar-refractivity contribution in [2.75, 3.05) is 0 Å². The summed E-state index contributed by atoms with van der Waals surface area (Å²) in [6, 6.07) is 0. The molecule has 2 N–H and O–H groups in total. The molecule has 4 rings (SSSR count). The van der Waals surface area contributed by atoms with Gasteiger partial charge in [0.05, 0.1) is 11.7 Å². The van der Waals surface area contributed by atoms with Crippen LogP contribution in [0.1, 0.15) is 32.1 Å². The van der Waals surface area contributed by atoms with E-state index in [0.717, 1.165) is 32.1 Å². The van der Waals surface area contributed by atoms with Crippen LogP contribution in [-0.4, -0.2) is 28.2 Å². The lowest BCUT2D eigenvalue weighted by atomic mass is 9.65. The normalized spacial score (nSPS) is 59.5. The summed E-state index contributed by atoms with van der Waals surface area (Å²) in [5.41, 5.74) is -0.520. The molecule has 0 radical (unpaired) electrons. The fourth-order valence-electron chi connectivity index (χ4n) is 3.56. The van der Waals surface area contributed by atoms with E-state index in [2.05, 4.69) is 0 Å². The Bertz CT molecular complexity index is 230. The molecule has 3 heteroatoms. The molecule has 5 atom stereocenters. The number of aliphatic hydroxyl groups excluding tert-OH is 1. The smallest absolute Gasteiger partial charge is 0.157 e. The van der Waals surface area contributed by atoms with Gasteiger partial charge in [-0.3, -0.25) is 0 Å². The lowest BCUT2D eigenvalue weighted by Crippen LogP contribution is -2.44. The molecule has 2 aliphatic carbocycles. The van der Waals surface area contributed by atoms with E-state index in [1.54, 1.807) is 0 Å². The third kappa shape index (κ3) is 1.22. The van der Waals surface area contributed by atoms with Gasteiger partial charge in [0.25, 0.3) is 0 Å². The van der Waals surface area contributed by atoms with Crippen LogP contribution in [0.3, 0.4) is 0 Å². The van der Waals surface area contributed by atoms with Crippen LogP contribution in [0, 0.1) is 11.8 Å². The van der Waals surface area contributed by atoms with Crippen LogP contribution in [-0.2, 0) is 4.74 Å². The van der Waals surface area contributed by atoms with Crippen molar-refractivity contribution in [3.05, 3.63) is 0 Å². The number of rotatable bonds is 0. The number of ether oxygens (including phenoxy) is 1. The van der Waals surface area contributed by atoms with Crippen LogP contribution in [0.2, 0.25) is 0 Å². The molecule has 3 nitrogen and oxygen atoms in total. The highest BCUT2D eigenvalue weighted by Crippen LogP contribution is 2.50. The Balaban J connectivity index is 1.95. The van der Waals surface area contributed by atoms with Crippen molar-refractivity contribution in [3.63, 3.8) is 0 Å². The summed E-state index contributed by atoms with van der Waals surface area (Å²) < 4.78 is 5.50. The van der Waals surface area contributed by atoms with Gasteiger partial charge in [-0.25, -0.2) is 0 Å². The quantitative estimate of drug-likeness (QED) is 0.581. The van der Waals surface area contributed by atoms with E-state index in [-0.39, 0.29) is 12.0 Å². The molecule has 0 aromatic rings. The topological polar surface area (TPSA) is 49.7 Å².